The lowest BCUT2D eigenvalue weighted by molar-refractivity contribution is -0.121. The fourth-order valence-corrected chi connectivity index (χ4v) is 2.66. The summed E-state index contributed by atoms with van der Waals surface area (Å²) in [5.41, 5.74) is 0.666. The molecule has 6 heteroatoms. The van der Waals surface area contributed by atoms with Crippen molar-refractivity contribution in [3.63, 3.8) is 0 Å². The number of hydrogen-bond acceptors (Lipinski definition) is 4. The highest BCUT2D eigenvalue weighted by molar-refractivity contribution is 6.45. The number of amides is 2. The number of rotatable bonds is 4. The van der Waals surface area contributed by atoms with E-state index in [1.54, 1.807) is 55.5 Å². The van der Waals surface area contributed by atoms with Crippen LogP contribution in [0.4, 0.5) is 5.69 Å². The molecule has 0 aliphatic carbocycles. The first-order valence-corrected chi connectivity index (χ1v) is 7.72. The van der Waals surface area contributed by atoms with Gasteiger partial charge in [-0.3, -0.25) is 9.59 Å². The molecule has 0 unspecified atom stereocenters. The second-order valence-electron chi connectivity index (χ2n) is 5.08. The normalized spacial score (nSPS) is 14.5. The monoisotopic (exact) mass is 343 g/mol. The highest BCUT2D eigenvalue weighted by atomic mass is 35.5. The minimum absolute atomic E-state index is 0.0528. The molecule has 1 N–H and O–H groups in total. The molecular weight excluding hydrogens is 330 g/mol. The summed E-state index contributed by atoms with van der Waals surface area (Å²) in [5.74, 6) is -1.58. The number of imide groups is 1. The van der Waals surface area contributed by atoms with E-state index in [4.69, 9.17) is 16.3 Å². The molecule has 122 valence electrons. The summed E-state index contributed by atoms with van der Waals surface area (Å²) >= 11 is 5.84. The van der Waals surface area contributed by atoms with Crippen molar-refractivity contribution in [3.05, 3.63) is 64.9 Å². The zero-order valence-corrected chi connectivity index (χ0v) is 13.6. The largest absolute Gasteiger partial charge is 0.502 e. The van der Waals surface area contributed by atoms with E-state index in [1.165, 1.54) is 0 Å². The van der Waals surface area contributed by atoms with Gasteiger partial charge in [0, 0.05) is 5.02 Å². The number of ether oxygens (including phenoxy) is 1. The molecule has 3 rings (SSSR count). The van der Waals surface area contributed by atoms with Crippen molar-refractivity contribution < 1.29 is 19.4 Å². The molecule has 0 aromatic heterocycles. The van der Waals surface area contributed by atoms with Gasteiger partial charge in [-0.25, -0.2) is 4.90 Å². The molecule has 24 heavy (non-hydrogen) atoms. The van der Waals surface area contributed by atoms with Crippen LogP contribution in [0.25, 0.3) is 5.57 Å². The van der Waals surface area contributed by atoms with Crippen LogP contribution in [0, 0.1) is 0 Å². The lowest BCUT2D eigenvalue weighted by atomic mass is 10.1. The third-order valence-electron chi connectivity index (χ3n) is 3.60. The summed E-state index contributed by atoms with van der Waals surface area (Å²) in [5, 5.41) is 10.7. The van der Waals surface area contributed by atoms with Crippen molar-refractivity contribution in [2.24, 2.45) is 0 Å². The van der Waals surface area contributed by atoms with Crippen molar-refractivity contribution in [3.8, 4) is 5.75 Å². The topological polar surface area (TPSA) is 66.8 Å². The SMILES string of the molecule is CCOc1ccccc1N1C(=O)C(O)=C(c2ccc(Cl)cc2)C1=O. The summed E-state index contributed by atoms with van der Waals surface area (Å²) in [6.07, 6.45) is 0. The summed E-state index contributed by atoms with van der Waals surface area (Å²) in [4.78, 5) is 26.1. The van der Waals surface area contributed by atoms with Crippen molar-refractivity contribution >= 4 is 34.7 Å². The molecule has 5 nitrogen and oxygen atoms in total. The molecule has 0 bridgehead atoms. The van der Waals surface area contributed by atoms with Crippen LogP contribution in [0.3, 0.4) is 0 Å². The maximum atomic E-state index is 12.8. The quantitative estimate of drug-likeness (QED) is 0.862. The number of aliphatic hydroxyl groups excluding tert-OH is 1. The summed E-state index contributed by atoms with van der Waals surface area (Å²) in [6.45, 7) is 2.19. The summed E-state index contributed by atoms with van der Waals surface area (Å²) < 4.78 is 5.47. The summed E-state index contributed by atoms with van der Waals surface area (Å²) in [7, 11) is 0. The number of para-hydroxylation sites is 2. The number of hydrogen-bond donors (Lipinski definition) is 1. The standard InChI is InChI=1S/C18H14ClNO4/c1-2-24-14-6-4-3-5-13(14)20-17(22)15(16(21)18(20)23)11-7-9-12(19)10-8-11/h3-10,21H,2H2,1H3. The van der Waals surface area contributed by atoms with E-state index < -0.39 is 17.6 Å². The Morgan fingerprint density at radius 2 is 1.71 bits per heavy atom. The van der Waals surface area contributed by atoms with Crippen molar-refractivity contribution in [1.29, 1.82) is 0 Å². The second kappa shape index (κ2) is 6.37. The average Bonchev–Trinajstić information content (AvgIpc) is 2.79. The minimum Gasteiger partial charge on any atom is -0.502 e. The molecular formula is C18H14ClNO4. The van der Waals surface area contributed by atoms with Gasteiger partial charge in [0.05, 0.1) is 17.9 Å². The Labute approximate surface area is 143 Å². The molecule has 0 saturated carbocycles. The Kier molecular flexibility index (Phi) is 4.27. The van der Waals surface area contributed by atoms with Gasteiger partial charge in [0.15, 0.2) is 5.76 Å². The van der Waals surface area contributed by atoms with Crippen LogP contribution < -0.4 is 9.64 Å². The predicted octanol–water partition coefficient (Wildman–Crippen LogP) is 3.58. The van der Waals surface area contributed by atoms with Gasteiger partial charge in [0.25, 0.3) is 5.91 Å². The molecule has 0 fully saturated rings. The van der Waals surface area contributed by atoms with Gasteiger partial charge in [0.1, 0.15) is 5.75 Å². The van der Waals surface area contributed by atoms with Crippen LogP contribution in [-0.4, -0.2) is 23.5 Å². The Bertz CT molecular complexity index is 842. The van der Waals surface area contributed by atoms with Crippen molar-refractivity contribution in [2.75, 3.05) is 11.5 Å². The Balaban J connectivity index is 2.05. The second-order valence-corrected chi connectivity index (χ2v) is 5.51. The van der Waals surface area contributed by atoms with Gasteiger partial charge in [-0.2, -0.15) is 0 Å². The molecule has 1 aliphatic rings. The van der Waals surface area contributed by atoms with E-state index in [9.17, 15) is 14.7 Å². The first-order valence-electron chi connectivity index (χ1n) is 7.34. The number of carbonyl (C=O) groups is 2. The molecule has 2 amide bonds. The maximum absolute atomic E-state index is 12.8. The van der Waals surface area contributed by atoms with E-state index in [1.807, 2.05) is 0 Å². The van der Waals surface area contributed by atoms with Gasteiger partial charge in [-0.15, -0.1) is 0 Å². The van der Waals surface area contributed by atoms with Crippen LogP contribution in [0.1, 0.15) is 12.5 Å². The Morgan fingerprint density at radius 3 is 2.38 bits per heavy atom. The van der Waals surface area contributed by atoms with Gasteiger partial charge >= 0.3 is 5.91 Å². The van der Waals surface area contributed by atoms with E-state index in [0.717, 1.165) is 4.90 Å². The minimum atomic E-state index is -0.780. The lowest BCUT2D eigenvalue weighted by Gasteiger charge is -2.18. The van der Waals surface area contributed by atoms with Crippen LogP contribution in [0.5, 0.6) is 5.75 Å². The number of benzene rings is 2. The van der Waals surface area contributed by atoms with Gasteiger partial charge in [-0.05, 0) is 36.8 Å². The van der Waals surface area contributed by atoms with Crippen LogP contribution in [0.2, 0.25) is 5.02 Å². The number of aliphatic hydroxyl groups is 1. The van der Waals surface area contributed by atoms with Crippen molar-refractivity contribution in [1.82, 2.24) is 0 Å². The zero-order valence-electron chi connectivity index (χ0n) is 12.8. The first-order chi connectivity index (χ1) is 11.5. The highest BCUT2D eigenvalue weighted by Gasteiger charge is 2.41. The van der Waals surface area contributed by atoms with E-state index in [0.29, 0.717) is 28.6 Å². The Hall–Kier alpha value is -2.79. The number of nitrogens with zero attached hydrogens (tertiary/aromatic N) is 1. The van der Waals surface area contributed by atoms with Crippen molar-refractivity contribution in [2.45, 2.75) is 6.92 Å². The zero-order chi connectivity index (χ0) is 17.3. The third-order valence-corrected chi connectivity index (χ3v) is 3.85. The van der Waals surface area contributed by atoms with Crippen LogP contribution in [-0.2, 0) is 9.59 Å². The fourth-order valence-electron chi connectivity index (χ4n) is 2.53. The maximum Gasteiger partial charge on any atom is 0.301 e. The van der Waals surface area contributed by atoms with Gasteiger partial charge < -0.3 is 9.84 Å². The number of halogens is 1. The molecule has 1 aliphatic heterocycles. The first kappa shape index (κ1) is 16.1. The van der Waals surface area contributed by atoms with E-state index in [-0.39, 0.29) is 5.57 Å². The summed E-state index contributed by atoms with van der Waals surface area (Å²) in [6, 6.07) is 13.0. The van der Waals surface area contributed by atoms with E-state index in [2.05, 4.69) is 0 Å². The molecule has 0 radical (unpaired) electrons. The van der Waals surface area contributed by atoms with Crippen LogP contribution >= 0.6 is 11.6 Å². The van der Waals surface area contributed by atoms with Gasteiger partial charge in [0.2, 0.25) is 0 Å². The Morgan fingerprint density at radius 1 is 1.04 bits per heavy atom. The molecule has 2 aromatic rings. The average molecular weight is 344 g/mol. The van der Waals surface area contributed by atoms with Gasteiger partial charge in [-0.1, -0.05) is 35.9 Å². The molecule has 0 atom stereocenters. The lowest BCUT2D eigenvalue weighted by Crippen LogP contribution is -2.32. The van der Waals surface area contributed by atoms with Crippen LogP contribution in [0.15, 0.2) is 54.3 Å². The highest BCUT2D eigenvalue weighted by Crippen LogP contribution is 2.36. The molecule has 0 saturated heterocycles. The van der Waals surface area contributed by atoms with E-state index >= 15 is 0 Å². The molecule has 1 heterocycles. The fraction of sp³-hybridized carbons (Fsp3) is 0.111. The predicted molar refractivity (Wildman–Crippen MR) is 91.1 cm³/mol. The molecule has 0 spiro atoms. The third kappa shape index (κ3) is 2.63. The number of carbonyl (C=O) groups excluding carboxylic acids is 2. The number of anilines is 1. The smallest absolute Gasteiger partial charge is 0.301 e. The molecule has 2 aromatic carbocycles.